The van der Waals surface area contributed by atoms with Gasteiger partial charge in [-0.3, -0.25) is 14.8 Å². The summed E-state index contributed by atoms with van der Waals surface area (Å²) in [5, 5.41) is 6.89. The van der Waals surface area contributed by atoms with Crippen molar-refractivity contribution < 1.29 is 4.79 Å². The van der Waals surface area contributed by atoms with Gasteiger partial charge in [0.25, 0.3) is 5.91 Å². The first-order valence-corrected chi connectivity index (χ1v) is 8.54. The summed E-state index contributed by atoms with van der Waals surface area (Å²) in [5.74, 6) is 2.84. The van der Waals surface area contributed by atoms with Crippen molar-refractivity contribution in [1.29, 1.82) is 0 Å². The van der Waals surface area contributed by atoms with E-state index in [1.807, 2.05) is 53.1 Å². The summed E-state index contributed by atoms with van der Waals surface area (Å²) in [5.41, 5.74) is 2.25. The summed E-state index contributed by atoms with van der Waals surface area (Å²) in [6, 6.07) is 10.2. The Morgan fingerprint density at radius 1 is 1.36 bits per heavy atom. The van der Waals surface area contributed by atoms with Crippen LogP contribution in [0, 0.1) is 6.92 Å². The summed E-state index contributed by atoms with van der Waals surface area (Å²) in [6.45, 7) is 2.05. The SMILES string of the molecule is Cc1ccc(C=CC(=O)N(c2ccn[nH]2)C2CCSC2)cc1. The van der Waals surface area contributed by atoms with E-state index in [4.69, 9.17) is 0 Å². The number of anilines is 1. The molecule has 1 fully saturated rings. The van der Waals surface area contributed by atoms with E-state index < -0.39 is 0 Å². The minimum Gasteiger partial charge on any atom is -0.290 e. The van der Waals surface area contributed by atoms with Gasteiger partial charge >= 0.3 is 0 Å². The number of amides is 1. The van der Waals surface area contributed by atoms with Gasteiger partial charge in [-0.15, -0.1) is 0 Å². The fourth-order valence-corrected chi connectivity index (χ4v) is 3.72. The predicted molar refractivity (Wildman–Crippen MR) is 92.0 cm³/mol. The molecule has 5 heteroatoms. The van der Waals surface area contributed by atoms with E-state index in [9.17, 15) is 4.79 Å². The number of carbonyl (C=O) groups excluding carboxylic acids is 1. The Kier molecular flexibility index (Phi) is 4.63. The van der Waals surface area contributed by atoms with Crippen LogP contribution >= 0.6 is 11.8 Å². The molecule has 1 aliphatic heterocycles. The highest BCUT2D eigenvalue weighted by molar-refractivity contribution is 7.99. The van der Waals surface area contributed by atoms with Crippen LogP contribution in [0.15, 0.2) is 42.6 Å². The van der Waals surface area contributed by atoms with Crippen molar-refractivity contribution in [3.8, 4) is 0 Å². The van der Waals surface area contributed by atoms with E-state index in [1.54, 1.807) is 12.3 Å². The zero-order chi connectivity index (χ0) is 15.4. The third kappa shape index (κ3) is 3.42. The third-order valence-corrected chi connectivity index (χ3v) is 4.89. The maximum absolute atomic E-state index is 12.7. The standard InChI is InChI=1S/C17H19N3OS/c1-13-2-4-14(5-3-13)6-7-17(21)20(15-9-11-22-12-15)16-8-10-18-19-16/h2-8,10,15H,9,11-12H2,1H3,(H,18,19). The van der Waals surface area contributed by atoms with Crippen LogP contribution in [0.4, 0.5) is 5.82 Å². The average Bonchev–Trinajstić information content (AvgIpc) is 3.21. The van der Waals surface area contributed by atoms with E-state index in [2.05, 4.69) is 17.1 Å². The fraction of sp³-hybridized carbons (Fsp3) is 0.294. The molecule has 0 bridgehead atoms. The van der Waals surface area contributed by atoms with Crippen LogP contribution in [0.2, 0.25) is 0 Å². The molecule has 2 aromatic rings. The van der Waals surface area contributed by atoms with E-state index in [1.165, 1.54) is 5.56 Å². The van der Waals surface area contributed by atoms with Crippen molar-refractivity contribution in [2.75, 3.05) is 16.4 Å². The molecule has 4 nitrogen and oxygen atoms in total. The van der Waals surface area contributed by atoms with Crippen molar-refractivity contribution >= 4 is 29.6 Å². The Labute approximate surface area is 134 Å². The molecule has 1 saturated heterocycles. The Hall–Kier alpha value is -2.01. The van der Waals surface area contributed by atoms with E-state index >= 15 is 0 Å². The number of aromatic nitrogens is 2. The summed E-state index contributed by atoms with van der Waals surface area (Å²) in [6.07, 6.45) is 6.22. The highest BCUT2D eigenvalue weighted by Gasteiger charge is 2.27. The molecule has 0 spiro atoms. The van der Waals surface area contributed by atoms with E-state index in [0.717, 1.165) is 29.3 Å². The minimum atomic E-state index is -0.00248. The molecule has 114 valence electrons. The Morgan fingerprint density at radius 3 is 2.82 bits per heavy atom. The molecule has 2 heterocycles. The first-order chi connectivity index (χ1) is 10.7. The Bertz CT molecular complexity index is 643. The molecule has 1 aromatic carbocycles. The number of hydrogen-bond donors (Lipinski definition) is 1. The van der Waals surface area contributed by atoms with Crippen LogP contribution < -0.4 is 4.90 Å². The molecule has 1 unspecified atom stereocenters. The van der Waals surface area contributed by atoms with Crippen molar-refractivity contribution in [3.63, 3.8) is 0 Å². The van der Waals surface area contributed by atoms with Crippen LogP contribution in [0.5, 0.6) is 0 Å². The maximum atomic E-state index is 12.7. The molecule has 0 aliphatic carbocycles. The lowest BCUT2D eigenvalue weighted by molar-refractivity contribution is -0.114. The zero-order valence-electron chi connectivity index (χ0n) is 12.5. The minimum absolute atomic E-state index is 0.00248. The van der Waals surface area contributed by atoms with E-state index in [0.29, 0.717) is 0 Å². The van der Waals surface area contributed by atoms with Gasteiger partial charge in [0.05, 0.1) is 6.20 Å². The fourth-order valence-electron chi connectivity index (χ4n) is 2.53. The molecule has 1 aliphatic rings. The van der Waals surface area contributed by atoms with Gasteiger partial charge in [-0.05, 0) is 30.7 Å². The number of nitrogens with zero attached hydrogens (tertiary/aromatic N) is 2. The van der Waals surface area contributed by atoms with Crippen molar-refractivity contribution in [3.05, 3.63) is 53.7 Å². The largest absolute Gasteiger partial charge is 0.290 e. The van der Waals surface area contributed by atoms with Gasteiger partial charge in [0, 0.05) is 23.9 Å². The summed E-state index contributed by atoms with van der Waals surface area (Å²) >= 11 is 1.89. The zero-order valence-corrected chi connectivity index (χ0v) is 13.3. The number of hydrogen-bond acceptors (Lipinski definition) is 3. The number of benzene rings is 1. The molecule has 0 radical (unpaired) electrons. The predicted octanol–water partition coefficient (Wildman–Crippen LogP) is 3.27. The number of H-pyrrole nitrogens is 1. The quantitative estimate of drug-likeness (QED) is 0.881. The second kappa shape index (κ2) is 6.83. The molecular weight excluding hydrogens is 294 g/mol. The maximum Gasteiger partial charge on any atom is 0.252 e. The van der Waals surface area contributed by atoms with Crippen LogP contribution in [0.1, 0.15) is 17.5 Å². The lowest BCUT2D eigenvalue weighted by Gasteiger charge is -2.25. The van der Waals surface area contributed by atoms with Crippen LogP contribution in [0.25, 0.3) is 6.08 Å². The van der Waals surface area contributed by atoms with Crippen LogP contribution in [-0.2, 0) is 4.79 Å². The average molecular weight is 313 g/mol. The van der Waals surface area contributed by atoms with Crippen LogP contribution in [0.3, 0.4) is 0 Å². The number of aromatic amines is 1. The second-order valence-corrected chi connectivity index (χ2v) is 6.56. The van der Waals surface area contributed by atoms with Crippen LogP contribution in [-0.4, -0.2) is 33.7 Å². The molecular formula is C17H19N3OS. The molecule has 1 aromatic heterocycles. The molecule has 1 atom stereocenters. The Balaban J connectivity index is 1.78. The van der Waals surface area contributed by atoms with Crippen molar-refractivity contribution in [1.82, 2.24) is 10.2 Å². The highest BCUT2D eigenvalue weighted by Crippen LogP contribution is 2.26. The van der Waals surface area contributed by atoms with Gasteiger partial charge < -0.3 is 0 Å². The number of thioether (sulfide) groups is 1. The van der Waals surface area contributed by atoms with Gasteiger partial charge in [-0.1, -0.05) is 29.8 Å². The molecule has 22 heavy (non-hydrogen) atoms. The molecule has 3 rings (SSSR count). The number of rotatable bonds is 4. The normalized spacial score (nSPS) is 18.0. The summed E-state index contributed by atoms with van der Waals surface area (Å²) in [7, 11) is 0. The summed E-state index contributed by atoms with van der Waals surface area (Å²) in [4.78, 5) is 14.5. The molecule has 0 saturated carbocycles. The van der Waals surface area contributed by atoms with Gasteiger partial charge in [-0.25, -0.2) is 0 Å². The number of carbonyl (C=O) groups is 1. The Morgan fingerprint density at radius 2 is 2.18 bits per heavy atom. The van der Waals surface area contributed by atoms with Gasteiger partial charge in [0.2, 0.25) is 0 Å². The number of nitrogens with one attached hydrogen (secondary N) is 1. The highest BCUT2D eigenvalue weighted by atomic mass is 32.2. The van der Waals surface area contributed by atoms with Crippen molar-refractivity contribution in [2.45, 2.75) is 19.4 Å². The lowest BCUT2D eigenvalue weighted by atomic mass is 10.1. The lowest BCUT2D eigenvalue weighted by Crippen LogP contribution is -2.39. The third-order valence-electron chi connectivity index (χ3n) is 3.75. The smallest absolute Gasteiger partial charge is 0.252 e. The number of aryl methyl sites for hydroxylation is 1. The van der Waals surface area contributed by atoms with Gasteiger partial charge in [0.1, 0.15) is 5.82 Å². The molecule has 1 amide bonds. The monoisotopic (exact) mass is 313 g/mol. The van der Waals surface area contributed by atoms with Gasteiger partial charge in [-0.2, -0.15) is 16.9 Å². The van der Waals surface area contributed by atoms with Crippen molar-refractivity contribution in [2.24, 2.45) is 0 Å². The topological polar surface area (TPSA) is 49.0 Å². The van der Waals surface area contributed by atoms with E-state index in [-0.39, 0.29) is 11.9 Å². The summed E-state index contributed by atoms with van der Waals surface area (Å²) < 4.78 is 0. The molecule has 1 N–H and O–H groups in total. The van der Waals surface area contributed by atoms with Gasteiger partial charge in [0.15, 0.2) is 0 Å². The second-order valence-electron chi connectivity index (χ2n) is 5.41. The first-order valence-electron chi connectivity index (χ1n) is 7.39. The first kappa shape index (κ1) is 14.9.